The van der Waals surface area contributed by atoms with Gasteiger partial charge in [-0.1, -0.05) is 6.92 Å². The number of nitrogens with one attached hydrogen (secondary N) is 1. The van der Waals surface area contributed by atoms with Crippen LogP contribution in [0.1, 0.15) is 18.9 Å². The van der Waals surface area contributed by atoms with Gasteiger partial charge in [0.25, 0.3) is 0 Å². The van der Waals surface area contributed by atoms with E-state index >= 15 is 0 Å². The first-order valence-electron chi connectivity index (χ1n) is 5.10. The Bertz CT molecular complexity index is 261. The number of aromatic nitrogens is 2. The molecule has 0 bridgehead atoms. The van der Waals surface area contributed by atoms with Crippen LogP contribution in [0.25, 0.3) is 0 Å². The number of nitrogens with zero attached hydrogens (tertiary/aromatic N) is 2. The maximum absolute atomic E-state index is 4.34. The lowest BCUT2D eigenvalue weighted by atomic mass is 10.1. The van der Waals surface area contributed by atoms with Gasteiger partial charge in [0, 0.05) is 12.7 Å². The summed E-state index contributed by atoms with van der Waals surface area (Å²) in [4.78, 5) is 0. The molecule has 1 aromatic heterocycles. The van der Waals surface area contributed by atoms with Crippen LogP contribution in [0.15, 0.2) is 12.4 Å². The van der Waals surface area contributed by atoms with E-state index in [0.717, 1.165) is 25.4 Å². The Morgan fingerprint density at radius 3 is 3.23 bits per heavy atom. The Morgan fingerprint density at radius 2 is 2.62 bits per heavy atom. The zero-order valence-corrected chi connectivity index (χ0v) is 8.16. The fraction of sp³-hybridized carbons (Fsp3) is 0.700. The molecule has 0 spiro atoms. The Balaban J connectivity index is 1.92. The molecule has 1 aromatic rings. The highest BCUT2D eigenvalue weighted by Crippen LogP contribution is 2.10. The van der Waals surface area contributed by atoms with Crippen molar-refractivity contribution in [2.75, 3.05) is 13.1 Å². The predicted octanol–water partition coefficient (Wildman–Crippen LogP) is 1.05. The van der Waals surface area contributed by atoms with Crippen LogP contribution in [0.4, 0.5) is 0 Å². The van der Waals surface area contributed by atoms with Crippen molar-refractivity contribution in [2.45, 2.75) is 26.3 Å². The van der Waals surface area contributed by atoms with Gasteiger partial charge >= 0.3 is 0 Å². The molecule has 0 amide bonds. The molecule has 1 saturated heterocycles. The largest absolute Gasteiger partial charge is 0.316 e. The summed E-state index contributed by atoms with van der Waals surface area (Å²) in [5.41, 5.74) is 1.34. The average Bonchev–Trinajstić information content (AvgIpc) is 2.76. The molecule has 1 N–H and O–H groups in total. The minimum Gasteiger partial charge on any atom is -0.316 e. The van der Waals surface area contributed by atoms with Crippen molar-refractivity contribution in [1.29, 1.82) is 0 Å². The zero-order valence-electron chi connectivity index (χ0n) is 8.16. The van der Waals surface area contributed by atoms with Crippen molar-refractivity contribution in [2.24, 2.45) is 5.92 Å². The first-order valence-corrected chi connectivity index (χ1v) is 5.10. The molecule has 0 radical (unpaired) electrons. The molecule has 72 valence electrons. The standard InChI is InChI=1S/C10H17N3/c1-2-9-6-12-13(7-9)8-10-3-4-11-5-10/h6-7,10-11H,2-5,8H2,1H3. The lowest BCUT2D eigenvalue weighted by Crippen LogP contribution is -2.14. The highest BCUT2D eigenvalue weighted by atomic mass is 15.3. The lowest BCUT2D eigenvalue weighted by Gasteiger charge is -2.07. The summed E-state index contributed by atoms with van der Waals surface area (Å²) < 4.78 is 2.08. The monoisotopic (exact) mass is 179 g/mol. The zero-order chi connectivity index (χ0) is 9.10. The third-order valence-electron chi connectivity index (χ3n) is 2.70. The number of hydrogen-bond acceptors (Lipinski definition) is 2. The maximum Gasteiger partial charge on any atom is 0.0521 e. The fourth-order valence-electron chi connectivity index (χ4n) is 1.82. The molecule has 2 heterocycles. The van der Waals surface area contributed by atoms with E-state index in [2.05, 4.69) is 28.2 Å². The van der Waals surface area contributed by atoms with Crippen molar-refractivity contribution < 1.29 is 0 Å². The van der Waals surface area contributed by atoms with E-state index in [9.17, 15) is 0 Å². The van der Waals surface area contributed by atoms with E-state index < -0.39 is 0 Å². The quantitative estimate of drug-likeness (QED) is 0.751. The average molecular weight is 179 g/mol. The first kappa shape index (κ1) is 8.75. The van der Waals surface area contributed by atoms with E-state index in [0.29, 0.717) is 0 Å². The molecule has 1 aliphatic rings. The van der Waals surface area contributed by atoms with Gasteiger partial charge in [-0.3, -0.25) is 4.68 Å². The van der Waals surface area contributed by atoms with Crippen molar-refractivity contribution in [3.63, 3.8) is 0 Å². The molecular weight excluding hydrogens is 162 g/mol. The van der Waals surface area contributed by atoms with Gasteiger partial charge in [-0.05, 0) is 37.4 Å². The second-order valence-corrected chi connectivity index (χ2v) is 3.78. The molecular formula is C10H17N3. The lowest BCUT2D eigenvalue weighted by molar-refractivity contribution is 0.449. The smallest absolute Gasteiger partial charge is 0.0521 e. The summed E-state index contributed by atoms with van der Waals surface area (Å²) in [6.45, 7) is 5.57. The van der Waals surface area contributed by atoms with Crippen LogP contribution < -0.4 is 5.32 Å². The van der Waals surface area contributed by atoms with Crippen LogP contribution in [-0.4, -0.2) is 22.9 Å². The number of aryl methyl sites for hydroxylation is 1. The maximum atomic E-state index is 4.34. The van der Waals surface area contributed by atoms with Crippen LogP contribution >= 0.6 is 0 Å². The minimum atomic E-state index is 0.782. The predicted molar refractivity (Wildman–Crippen MR) is 52.6 cm³/mol. The highest BCUT2D eigenvalue weighted by molar-refractivity contribution is 5.02. The van der Waals surface area contributed by atoms with Crippen LogP contribution in [0.3, 0.4) is 0 Å². The topological polar surface area (TPSA) is 29.9 Å². The summed E-state index contributed by atoms with van der Waals surface area (Å²) in [5, 5.41) is 7.71. The summed E-state index contributed by atoms with van der Waals surface area (Å²) in [5.74, 6) is 0.782. The second kappa shape index (κ2) is 3.92. The highest BCUT2D eigenvalue weighted by Gasteiger charge is 2.14. The van der Waals surface area contributed by atoms with Crippen molar-refractivity contribution >= 4 is 0 Å². The minimum absolute atomic E-state index is 0.782. The van der Waals surface area contributed by atoms with Crippen molar-refractivity contribution in [3.05, 3.63) is 18.0 Å². The Morgan fingerprint density at radius 1 is 1.69 bits per heavy atom. The Hall–Kier alpha value is -0.830. The van der Waals surface area contributed by atoms with Gasteiger partial charge in [0.15, 0.2) is 0 Å². The molecule has 3 heteroatoms. The SMILES string of the molecule is CCc1cnn(CC2CCNC2)c1. The third kappa shape index (κ3) is 2.10. The van der Waals surface area contributed by atoms with Crippen molar-refractivity contribution in [1.82, 2.24) is 15.1 Å². The van der Waals surface area contributed by atoms with Crippen LogP contribution in [0.5, 0.6) is 0 Å². The second-order valence-electron chi connectivity index (χ2n) is 3.78. The summed E-state index contributed by atoms with van der Waals surface area (Å²) in [6.07, 6.45) is 6.52. The van der Waals surface area contributed by atoms with Gasteiger partial charge in [-0.15, -0.1) is 0 Å². The van der Waals surface area contributed by atoms with E-state index in [1.807, 2.05) is 6.20 Å². The van der Waals surface area contributed by atoms with Gasteiger partial charge in [-0.2, -0.15) is 5.10 Å². The molecule has 1 fully saturated rings. The molecule has 1 aliphatic heterocycles. The van der Waals surface area contributed by atoms with Crippen LogP contribution in [0.2, 0.25) is 0 Å². The first-order chi connectivity index (χ1) is 6.38. The summed E-state index contributed by atoms with van der Waals surface area (Å²) >= 11 is 0. The summed E-state index contributed by atoms with van der Waals surface area (Å²) in [6, 6.07) is 0. The van der Waals surface area contributed by atoms with E-state index in [-0.39, 0.29) is 0 Å². The van der Waals surface area contributed by atoms with Crippen molar-refractivity contribution in [3.8, 4) is 0 Å². The van der Waals surface area contributed by atoms with Gasteiger partial charge in [0.05, 0.1) is 6.20 Å². The molecule has 1 unspecified atom stereocenters. The fourth-order valence-corrected chi connectivity index (χ4v) is 1.82. The van der Waals surface area contributed by atoms with Gasteiger partial charge in [-0.25, -0.2) is 0 Å². The molecule has 2 rings (SSSR count). The van der Waals surface area contributed by atoms with E-state index in [1.165, 1.54) is 18.5 Å². The Kier molecular flexibility index (Phi) is 2.64. The number of hydrogen-bond donors (Lipinski definition) is 1. The molecule has 0 saturated carbocycles. The van der Waals surface area contributed by atoms with Crippen LogP contribution in [-0.2, 0) is 13.0 Å². The molecule has 3 nitrogen and oxygen atoms in total. The molecule has 0 aromatic carbocycles. The normalized spacial score (nSPS) is 22.4. The molecule has 1 atom stereocenters. The third-order valence-corrected chi connectivity index (χ3v) is 2.70. The van der Waals surface area contributed by atoms with Gasteiger partial charge in [0.1, 0.15) is 0 Å². The number of rotatable bonds is 3. The molecule has 13 heavy (non-hydrogen) atoms. The van der Waals surface area contributed by atoms with E-state index in [1.54, 1.807) is 0 Å². The molecule has 0 aliphatic carbocycles. The van der Waals surface area contributed by atoms with Gasteiger partial charge < -0.3 is 5.32 Å². The van der Waals surface area contributed by atoms with E-state index in [4.69, 9.17) is 0 Å². The Labute approximate surface area is 79.1 Å². The van der Waals surface area contributed by atoms with Crippen LogP contribution in [0, 0.1) is 5.92 Å². The summed E-state index contributed by atoms with van der Waals surface area (Å²) in [7, 11) is 0. The van der Waals surface area contributed by atoms with Gasteiger partial charge in [0.2, 0.25) is 0 Å².